The molecule has 0 fully saturated rings. The second kappa shape index (κ2) is 4.94. The average Bonchev–Trinajstić information content (AvgIpc) is 2.12. The highest BCUT2D eigenvalue weighted by molar-refractivity contribution is 9.10. The lowest BCUT2D eigenvalue weighted by molar-refractivity contribution is 0.0649. The first-order valence-electron chi connectivity index (χ1n) is 5.16. The first kappa shape index (κ1) is 13.8. The molecule has 1 unspecified atom stereocenters. The van der Waals surface area contributed by atoms with E-state index in [1.807, 2.05) is 26.0 Å². The smallest absolute Gasteiger partial charge is 0.0789 e. The van der Waals surface area contributed by atoms with Crippen LogP contribution in [-0.4, -0.2) is 16.7 Å². The minimum absolute atomic E-state index is 0.0671. The minimum Gasteiger partial charge on any atom is -0.388 e. The van der Waals surface area contributed by atoms with E-state index in [0.717, 1.165) is 15.7 Å². The van der Waals surface area contributed by atoms with Crippen LogP contribution in [0, 0.1) is 6.92 Å². The van der Waals surface area contributed by atoms with Gasteiger partial charge in [0.25, 0.3) is 0 Å². The number of rotatable bonds is 3. The molecular weight excluding hydrogens is 289 g/mol. The van der Waals surface area contributed by atoms with Gasteiger partial charge in [0.2, 0.25) is 0 Å². The van der Waals surface area contributed by atoms with Gasteiger partial charge in [0.05, 0.1) is 17.3 Å². The number of nitrogens with one attached hydrogen (secondary N) is 1. The molecule has 2 N–H and O–H groups in total. The monoisotopic (exact) mass is 305 g/mol. The molecule has 0 heterocycles. The highest BCUT2D eigenvalue weighted by atomic mass is 79.9. The molecule has 0 amide bonds. The van der Waals surface area contributed by atoms with Crippen molar-refractivity contribution in [2.24, 2.45) is 0 Å². The molecule has 1 aromatic rings. The summed E-state index contributed by atoms with van der Waals surface area (Å²) in [5, 5.41) is 13.8. The number of aryl methyl sites for hydroxylation is 1. The summed E-state index contributed by atoms with van der Waals surface area (Å²) in [7, 11) is 0. The fourth-order valence-corrected chi connectivity index (χ4v) is 1.90. The van der Waals surface area contributed by atoms with E-state index >= 15 is 0 Å². The predicted octanol–water partition coefficient (Wildman–Crippen LogP) is 3.98. The molecule has 2 nitrogen and oxygen atoms in total. The first-order valence-corrected chi connectivity index (χ1v) is 6.33. The van der Waals surface area contributed by atoms with Crippen LogP contribution < -0.4 is 5.32 Å². The maximum absolute atomic E-state index is 9.85. The van der Waals surface area contributed by atoms with E-state index in [4.69, 9.17) is 11.6 Å². The summed E-state index contributed by atoms with van der Waals surface area (Å²) in [4.78, 5) is 0. The molecule has 0 aromatic heterocycles. The number of halogens is 2. The molecule has 0 spiro atoms. The molecule has 0 aliphatic rings. The molecule has 16 heavy (non-hydrogen) atoms. The Morgan fingerprint density at radius 1 is 1.44 bits per heavy atom. The summed E-state index contributed by atoms with van der Waals surface area (Å²) in [5.41, 5.74) is 1.14. The van der Waals surface area contributed by atoms with E-state index in [1.165, 1.54) is 0 Å². The Kier molecular flexibility index (Phi) is 4.27. The van der Waals surface area contributed by atoms with E-state index in [2.05, 4.69) is 21.2 Å². The zero-order chi connectivity index (χ0) is 12.5. The Morgan fingerprint density at radius 3 is 2.50 bits per heavy atom. The molecule has 1 rings (SSSR count). The quantitative estimate of drug-likeness (QED) is 0.885. The van der Waals surface area contributed by atoms with Crippen molar-refractivity contribution in [3.05, 3.63) is 27.2 Å². The summed E-state index contributed by atoms with van der Waals surface area (Å²) < 4.78 is 0.950. The van der Waals surface area contributed by atoms with Crippen molar-refractivity contribution >= 4 is 33.2 Å². The molecule has 0 saturated carbocycles. The Labute approximate surface area is 110 Å². The van der Waals surface area contributed by atoms with Gasteiger partial charge < -0.3 is 10.4 Å². The largest absolute Gasteiger partial charge is 0.388 e. The highest BCUT2D eigenvalue weighted by Crippen LogP contribution is 2.30. The van der Waals surface area contributed by atoms with E-state index in [-0.39, 0.29) is 6.04 Å². The molecule has 0 saturated heterocycles. The van der Waals surface area contributed by atoms with Crippen LogP contribution in [0.3, 0.4) is 0 Å². The van der Waals surface area contributed by atoms with E-state index in [1.54, 1.807) is 13.8 Å². The van der Waals surface area contributed by atoms with Gasteiger partial charge in [-0.25, -0.2) is 0 Å². The second-order valence-corrected chi connectivity index (χ2v) is 5.86. The summed E-state index contributed by atoms with van der Waals surface area (Å²) in [5.74, 6) is 0. The normalized spacial score (nSPS) is 13.7. The zero-order valence-corrected chi connectivity index (χ0v) is 12.3. The van der Waals surface area contributed by atoms with Gasteiger partial charge in [-0.15, -0.1) is 0 Å². The van der Waals surface area contributed by atoms with Crippen LogP contribution >= 0.6 is 27.5 Å². The molecule has 90 valence electrons. The fourth-order valence-electron chi connectivity index (χ4n) is 1.17. The van der Waals surface area contributed by atoms with Crippen LogP contribution in [0.5, 0.6) is 0 Å². The van der Waals surface area contributed by atoms with Crippen molar-refractivity contribution in [1.29, 1.82) is 0 Å². The third-order valence-corrected chi connectivity index (χ3v) is 3.74. The number of hydrogen-bond donors (Lipinski definition) is 2. The van der Waals surface area contributed by atoms with Gasteiger partial charge in [-0.1, -0.05) is 11.6 Å². The van der Waals surface area contributed by atoms with Crippen LogP contribution in [0.2, 0.25) is 5.02 Å². The fraction of sp³-hybridized carbons (Fsp3) is 0.500. The third-order valence-electron chi connectivity index (χ3n) is 2.68. The molecule has 1 atom stereocenters. The number of anilines is 1. The molecular formula is C12H17BrClNO. The van der Waals surface area contributed by atoms with Crippen LogP contribution in [0.1, 0.15) is 26.3 Å². The Balaban J connectivity index is 2.94. The van der Waals surface area contributed by atoms with Gasteiger partial charge in [-0.2, -0.15) is 0 Å². The SMILES string of the molecule is Cc1cc(Br)c(NC(C)C(C)(C)O)cc1Cl. The van der Waals surface area contributed by atoms with Gasteiger partial charge in [0.15, 0.2) is 0 Å². The second-order valence-electron chi connectivity index (χ2n) is 4.60. The van der Waals surface area contributed by atoms with Crippen molar-refractivity contribution in [3.8, 4) is 0 Å². The summed E-state index contributed by atoms with van der Waals surface area (Å²) in [6, 6.07) is 3.76. The lowest BCUT2D eigenvalue weighted by Crippen LogP contribution is -2.39. The van der Waals surface area contributed by atoms with Gasteiger partial charge in [-0.3, -0.25) is 0 Å². The molecule has 0 aliphatic carbocycles. The van der Waals surface area contributed by atoms with E-state index in [9.17, 15) is 5.11 Å². The van der Waals surface area contributed by atoms with Gasteiger partial charge in [0.1, 0.15) is 0 Å². The van der Waals surface area contributed by atoms with Crippen molar-refractivity contribution in [3.63, 3.8) is 0 Å². The maximum Gasteiger partial charge on any atom is 0.0789 e. The predicted molar refractivity (Wildman–Crippen MR) is 73.3 cm³/mol. The van der Waals surface area contributed by atoms with Crippen molar-refractivity contribution in [1.82, 2.24) is 0 Å². The highest BCUT2D eigenvalue weighted by Gasteiger charge is 2.22. The Morgan fingerprint density at radius 2 is 2.00 bits per heavy atom. The maximum atomic E-state index is 9.85. The zero-order valence-electron chi connectivity index (χ0n) is 9.94. The average molecular weight is 307 g/mol. The Bertz CT molecular complexity index is 387. The lowest BCUT2D eigenvalue weighted by atomic mass is 10.0. The molecule has 4 heteroatoms. The van der Waals surface area contributed by atoms with Crippen molar-refractivity contribution in [2.45, 2.75) is 39.3 Å². The van der Waals surface area contributed by atoms with E-state index in [0.29, 0.717) is 5.02 Å². The first-order chi connectivity index (χ1) is 7.21. The van der Waals surface area contributed by atoms with Crippen LogP contribution in [0.25, 0.3) is 0 Å². The molecule has 0 aliphatic heterocycles. The van der Waals surface area contributed by atoms with Crippen LogP contribution in [0.4, 0.5) is 5.69 Å². The summed E-state index contributed by atoms with van der Waals surface area (Å²) in [6.07, 6.45) is 0. The van der Waals surface area contributed by atoms with Crippen LogP contribution in [-0.2, 0) is 0 Å². The summed E-state index contributed by atoms with van der Waals surface area (Å²) in [6.45, 7) is 7.43. The van der Waals surface area contributed by atoms with Crippen molar-refractivity contribution in [2.75, 3.05) is 5.32 Å². The number of benzene rings is 1. The summed E-state index contributed by atoms with van der Waals surface area (Å²) >= 11 is 9.53. The van der Waals surface area contributed by atoms with Gasteiger partial charge in [-0.05, 0) is 61.3 Å². The van der Waals surface area contributed by atoms with Gasteiger partial charge >= 0.3 is 0 Å². The minimum atomic E-state index is -0.781. The standard InChI is InChI=1S/C12H17BrClNO/c1-7-5-9(13)11(6-10(7)14)15-8(2)12(3,4)16/h5-6,8,15-16H,1-4H3. The lowest BCUT2D eigenvalue weighted by Gasteiger charge is -2.28. The topological polar surface area (TPSA) is 32.3 Å². The number of hydrogen-bond acceptors (Lipinski definition) is 2. The van der Waals surface area contributed by atoms with Crippen molar-refractivity contribution < 1.29 is 5.11 Å². The molecule has 0 radical (unpaired) electrons. The third kappa shape index (κ3) is 3.37. The number of aliphatic hydroxyl groups is 1. The van der Waals surface area contributed by atoms with E-state index < -0.39 is 5.60 Å². The molecule has 1 aromatic carbocycles. The van der Waals surface area contributed by atoms with Crippen LogP contribution in [0.15, 0.2) is 16.6 Å². The van der Waals surface area contributed by atoms with Gasteiger partial charge in [0, 0.05) is 9.50 Å². The molecule has 0 bridgehead atoms. The Hall–Kier alpha value is -0.250.